The molecule has 0 spiro atoms. The summed E-state index contributed by atoms with van der Waals surface area (Å²) in [4.78, 5) is 17.8. The molecule has 1 heterocycles. The summed E-state index contributed by atoms with van der Waals surface area (Å²) in [6, 6.07) is 18.3. The van der Waals surface area contributed by atoms with E-state index < -0.39 is 0 Å². The summed E-state index contributed by atoms with van der Waals surface area (Å²) in [5.74, 6) is 0.0349. The van der Waals surface area contributed by atoms with Gasteiger partial charge in [-0.05, 0) is 49.3 Å². The number of pyridine rings is 1. The van der Waals surface area contributed by atoms with Gasteiger partial charge in [-0.25, -0.2) is 0 Å². The standard InChI is InChI=1S/C22H22N2O/c25-22(23-15-14-16-8-2-1-3-9-16)21-17-10-4-6-12-19(17)24-20-13-7-5-11-18(20)21/h1-4,6,8-10,12H,5,7,11,13-15H2,(H,23,25). The van der Waals surface area contributed by atoms with Gasteiger partial charge in [0.2, 0.25) is 0 Å². The lowest BCUT2D eigenvalue weighted by molar-refractivity contribution is 0.0954. The second-order valence-corrected chi connectivity index (χ2v) is 6.63. The summed E-state index contributed by atoms with van der Waals surface area (Å²) in [6.45, 7) is 0.647. The van der Waals surface area contributed by atoms with E-state index in [4.69, 9.17) is 4.98 Å². The van der Waals surface area contributed by atoms with Gasteiger partial charge in [-0.3, -0.25) is 9.78 Å². The van der Waals surface area contributed by atoms with E-state index in [2.05, 4.69) is 17.4 Å². The van der Waals surface area contributed by atoms with Crippen molar-refractivity contribution in [3.63, 3.8) is 0 Å². The molecule has 0 unspecified atom stereocenters. The summed E-state index contributed by atoms with van der Waals surface area (Å²) in [7, 11) is 0. The molecule has 0 fully saturated rings. The molecular formula is C22H22N2O. The van der Waals surface area contributed by atoms with Crippen molar-refractivity contribution in [1.29, 1.82) is 0 Å². The van der Waals surface area contributed by atoms with Crippen molar-refractivity contribution in [3.05, 3.63) is 77.0 Å². The fraction of sp³-hybridized carbons (Fsp3) is 0.273. The number of nitrogens with zero attached hydrogens (tertiary/aromatic N) is 1. The van der Waals surface area contributed by atoms with E-state index in [-0.39, 0.29) is 5.91 Å². The summed E-state index contributed by atoms with van der Waals surface area (Å²) < 4.78 is 0. The van der Waals surface area contributed by atoms with E-state index >= 15 is 0 Å². The van der Waals surface area contributed by atoms with E-state index in [1.54, 1.807) is 0 Å². The number of aromatic nitrogens is 1. The fourth-order valence-corrected chi connectivity index (χ4v) is 3.69. The lowest BCUT2D eigenvalue weighted by Gasteiger charge is -2.20. The molecule has 1 aliphatic carbocycles. The minimum Gasteiger partial charge on any atom is -0.352 e. The van der Waals surface area contributed by atoms with Crippen molar-refractivity contribution in [3.8, 4) is 0 Å². The maximum atomic E-state index is 13.0. The lowest BCUT2D eigenvalue weighted by atomic mass is 9.89. The maximum absolute atomic E-state index is 13.0. The van der Waals surface area contributed by atoms with Crippen LogP contribution in [0, 0.1) is 0 Å². The molecule has 0 aliphatic heterocycles. The second kappa shape index (κ2) is 7.06. The average molecular weight is 330 g/mol. The minimum absolute atomic E-state index is 0.0349. The maximum Gasteiger partial charge on any atom is 0.252 e. The highest BCUT2D eigenvalue weighted by molar-refractivity contribution is 6.07. The second-order valence-electron chi connectivity index (χ2n) is 6.63. The molecule has 0 bridgehead atoms. The fourth-order valence-electron chi connectivity index (χ4n) is 3.69. The number of benzene rings is 2. The Morgan fingerprint density at radius 2 is 1.72 bits per heavy atom. The zero-order valence-electron chi connectivity index (χ0n) is 14.3. The van der Waals surface area contributed by atoms with E-state index in [0.29, 0.717) is 6.54 Å². The molecule has 0 saturated carbocycles. The highest BCUT2D eigenvalue weighted by atomic mass is 16.1. The van der Waals surface area contributed by atoms with Gasteiger partial charge in [0, 0.05) is 17.6 Å². The van der Waals surface area contributed by atoms with Gasteiger partial charge in [0.05, 0.1) is 11.1 Å². The van der Waals surface area contributed by atoms with Crippen LogP contribution in [0.15, 0.2) is 54.6 Å². The average Bonchev–Trinajstić information content (AvgIpc) is 2.66. The number of para-hydroxylation sites is 1. The van der Waals surface area contributed by atoms with Gasteiger partial charge >= 0.3 is 0 Å². The Bertz CT molecular complexity index is 903. The van der Waals surface area contributed by atoms with Crippen LogP contribution in [0.3, 0.4) is 0 Å². The van der Waals surface area contributed by atoms with Crippen LogP contribution in [0.25, 0.3) is 10.9 Å². The van der Waals surface area contributed by atoms with Crippen LogP contribution in [0.5, 0.6) is 0 Å². The molecule has 25 heavy (non-hydrogen) atoms. The Hall–Kier alpha value is -2.68. The Morgan fingerprint density at radius 3 is 2.60 bits per heavy atom. The number of amides is 1. The summed E-state index contributed by atoms with van der Waals surface area (Å²) >= 11 is 0. The number of fused-ring (bicyclic) bond motifs is 2. The normalized spacial score (nSPS) is 13.4. The molecule has 1 amide bonds. The number of hydrogen-bond acceptors (Lipinski definition) is 2. The van der Waals surface area contributed by atoms with E-state index in [0.717, 1.165) is 59.8 Å². The van der Waals surface area contributed by atoms with Gasteiger partial charge in [-0.15, -0.1) is 0 Å². The number of carbonyl (C=O) groups is 1. The largest absolute Gasteiger partial charge is 0.352 e. The zero-order chi connectivity index (χ0) is 17.1. The van der Waals surface area contributed by atoms with Gasteiger partial charge in [-0.2, -0.15) is 0 Å². The summed E-state index contributed by atoms with van der Waals surface area (Å²) in [5.41, 5.74) is 5.27. The molecule has 1 N–H and O–H groups in total. The third-order valence-corrected chi connectivity index (χ3v) is 4.94. The van der Waals surface area contributed by atoms with Crippen LogP contribution < -0.4 is 5.32 Å². The van der Waals surface area contributed by atoms with Crippen molar-refractivity contribution >= 4 is 16.8 Å². The van der Waals surface area contributed by atoms with E-state index in [9.17, 15) is 4.79 Å². The predicted molar refractivity (Wildman–Crippen MR) is 101 cm³/mol. The Morgan fingerprint density at radius 1 is 0.960 bits per heavy atom. The highest BCUT2D eigenvalue weighted by Gasteiger charge is 2.22. The zero-order valence-corrected chi connectivity index (χ0v) is 14.3. The van der Waals surface area contributed by atoms with Crippen LogP contribution in [0.1, 0.15) is 40.0 Å². The molecule has 3 aromatic rings. The molecule has 1 aliphatic rings. The molecule has 0 saturated heterocycles. The first-order valence-corrected chi connectivity index (χ1v) is 9.05. The van der Waals surface area contributed by atoms with Gasteiger partial charge in [0.25, 0.3) is 5.91 Å². The van der Waals surface area contributed by atoms with Crippen LogP contribution >= 0.6 is 0 Å². The molecule has 4 rings (SSSR count). The first-order chi connectivity index (χ1) is 12.3. The Labute approximate surface area is 148 Å². The van der Waals surface area contributed by atoms with Crippen molar-refractivity contribution < 1.29 is 4.79 Å². The molecular weight excluding hydrogens is 308 g/mol. The molecule has 3 nitrogen and oxygen atoms in total. The smallest absolute Gasteiger partial charge is 0.252 e. The van der Waals surface area contributed by atoms with Crippen LogP contribution in [-0.2, 0) is 19.3 Å². The molecule has 0 atom stereocenters. The predicted octanol–water partition coefficient (Wildman–Crippen LogP) is 4.09. The topological polar surface area (TPSA) is 42.0 Å². The first kappa shape index (κ1) is 15.8. The number of nitrogens with one attached hydrogen (secondary N) is 1. The van der Waals surface area contributed by atoms with E-state index in [1.165, 1.54) is 5.56 Å². The van der Waals surface area contributed by atoms with Crippen molar-refractivity contribution in [2.45, 2.75) is 32.1 Å². The summed E-state index contributed by atoms with van der Waals surface area (Å²) in [5, 5.41) is 4.10. The monoisotopic (exact) mass is 330 g/mol. The SMILES string of the molecule is O=C(NCCc1ccccc1)c1c2c(nc3ccccc13)CCCC2. The van der Waals surface area contributed by atoms with Crippen molar-refractivity contribution in [2.24, 2.45) is 0 Å². The molecule has 3 heteroatoms. The van der Waals surface area contributed by atoms with Crippen molar-refractivity contribution in [2.75, 3.05) is 6.54 Å². The third-order valence-electron chi connectivity index (χ3n) is 4.94. The molecule has 1 aromatic heterocycles. The highest BCUT2D eigenvalue weighted by Crippen LogP contribution is 2.29. The van der Waals surface area contributed by atoms with Crippen molar-refractivity contribution in [1.82, 2.24) is 10.3 Å². The van der Waals surface area contributed by atoms with Crippen LogP contribution in [0.4, 0.5) is 0 Å². The number of rotatable bonds is 4. The molecule has 0 radical (unpaired) electrons. The quantitative estimate of drug-likeness (QED) is 0.783. The number of hydrogen-bond donors (Lipinski definition) is 1. The number of carbonyl (C=O) groups excluding carboxylic acids is 1. The van der Waals surface area contributed by atoms with Gasteiger partial charge in [0.1, 0.15) is 0 Å². The van der Waals surface area contributed by atoms with E-state index in [1.807, 2.05) is 42.5 Å². The Balaban J connectivity index is 1.62. The Kier molecular flexibility index (Phi) is 4.47. The van der Waals surface area contributed by atoms with Crippen LogP contribution in [0.2, 0.25) is 0 Å². The lowest BCUT2D eigenvalue weighted by Crippen LogP contribution is -2.28. The molecule has 126 valence electrons. The van der Waals surface area contributed by atoms with Gasteiger partial charge < -0.3 is 5.32 Å². The van der Waals surface area contributed by atoms with Gasteiger partial charge in [-0.1, -0.05) is 48.5 Å². The molecule has 2 aromatic carbocycles. The number of aryl methyl sites for hydroxylation is 1. The van der Waals surface area contributed by atoms with Gasteiger partial charge in [0.15, 0.2) is 0 Å². The van der Waals surface area contributed by atoms with Crippen LogP contribution in [-0.4, -0.2) is 17.4 Å². The first-order valence-electron chi connectivity index (χ1n) is 9.05. The third kappa shape index (κ3) is 3.27. The summed E-state index contributed by atoms with van der Waals surface area (Å²) in [6.07, 6.45) is 5.07. The minimum atomic E-state index is 0.0349.